The number of amides is 5. The molecule has 0 aromatic carbocycles. The van der Waals surface area contributed by atoms with Crippen LogP contribution in [0.5, 0.6) is 0 Å². The highest BCUT2D eigenvalue weighted by molar-refractivity contribution is 5.94. The number of carbonyl (C=O) groups excluding carboxylic acids is 5. The molecule has 12 N–H and O–H groups in total. The van der Waals surface area contributed by atoms with Crippen LogP contribution in [0.4, 0.5) is 0 Å². The first-order valence-corrected chi connectivity index (χ1v) is 11.3. The van der Waals surface area contributed by atoms with Gasteiger partial charge in [0.05, 0.1) is 25.3 Å². The third-order valence-electron chi connectivity index (χ3n) is 4.77. The third kappa shape index (κ3) is 13.5. The largest absolute Gasteiger partial charge is 0.480 e. The average Bonchev–Trinajstić information content (AvgIpc) is 2.81. The van der Waals surface area contributed by atoms with Crippen molar-refractivity contribution in [1.82, 2.24) is 26.6 Å². The second-order valence-electron chi connectivity index (χ2n) is 8.00. The average molecular weight is 520 g/mol. The Bertz CT molecular complexity index is 777. The summed E-state index contributed by atoms with van der Waals surface area (Å²) in [4.78, 5) is 71.4. The van der Waals surface area contributed by atoms with E-state index >= 15 is 0 Å². The van der Waals surface area contributed by atoms with E-state index in [1.165, 1.54) is 13.8 Å². The lowest BCUT2D eigenvalue weighted by Crippen LogP contribution is -2.58. The summed E-state index contributed by atoms with van der Waals surface area (Å²) >= 11 is 0. The lowest BCUT2D eigenvalue weighted by Gasteiger charge is -2.25. The minimum Gasteiger partial charge on any atom is -0.480 e. The lowest BCUT2D eigenvalue weighted by molar-refractivity contribution is -0.138. The number of aliphatic carboxylic acids is 1. The Morgan fingerprint density at radius 1 is 0.750 bits per heavy atom. The Labute approximate surface area is 207 Å². The molecule has 206 valence electrons. The highest BCUT2D eigenvalue weighted by atomic mass is 16.4. The maximum absolute atomic E-state index is 12.7. The van der Waals surface area contributed by atoms with Crippen LogP contribution in [0, 0.1) is 0 Å². The first-order chi connectivity index (χ1) is 16.8. The fourth-order valence-electron chi connectivity index (χ4n) is 2.68. The Morgan fingerprint density at radius 2 is 1.33 bits per heavy atom. The molecule has 0 heterocycles. The number of nitrogens with two attached hydrogens (primary N) is 2. The van der Waals surface area contributed by atoms with Crippen molar-refractivity contribution < 1.29 is 44.1 Å². The van der Waals surface area contributed by atoms with Crippen LogP contribution in [0.25, 0.3) is 0 Å². The van der Waals surface area contributed by atoms with Gasteiger partial charge in [0.1, 0.15) is 24.7 Å². The molecule has 0 aromatic heterocycles. The number of rotatable bonds is 17. The van der Waals surface area contributed by atoms with Crippen LogP contribution in [-0.4, -0.2) is 107 Å². The Balaban J connectivity index is 5.11. The normalized spacial score (nSPS) is 14.8. The van der Waals surface area contributed by atoms with E-state index < -0.39 is 85.5 Å². The van der Waals surface area contributed by atoms with E-state index in [-0.39, 0.29) is 6.42 Å². The summed E-state index contributed by atoms with van der Waals surface area (Å²) in [6.45, 7) is 1.08. The van der Waals surface area contributed by atoms with Gasteiger partial charge in [-0.1, -0.05) is 0 Å². The van der Waals surface area contributed by atoms with Gasteiger partial charge < -0.3 is 53.4 Å². The molecule has 0 fully saturated rings. The molecule has 0 aromatic rings. The van der Waals surface area contributed by atoms with Gasteiger partial charge in [0.25, 0.3) is 0 Å². The number of nitrogens with one attached hydrogen (secondary N) is 5. The second-order valence-corrected chi connectivity index (χ2v) is 8.00. The second kappa shape index (κ2) is 17.1. The van der Waals surface area contributed by atoms with Crippen LogP contribution in [0.1, 0.15) is 33.1 Å². The Morgan fingerprint density at radius 3 is 1.86 bits per heavy atom. The number of unbranched alkanes of at least 4 members (excludes halogenated alkanes) is 1. The fraction of sp³-hybridized carbons (Fsp3) is 0.700. The minimum atomic E-state index is -1.50. The molecule has 0 aliphatic carbocycles. The molecule has 5 amide bonds. The van der Waals surface area contributed by atoms with Crippen molar-refractivity contribution in [1.29, 1.82) is 0 Å². The topological polar surface area (TPSA) is 275 Å². The molecule has 0 aliphatic heterocycles. The van der Waals surface area contributed by atoms with Gasteiger partial charge in [0, 0.05) is 0 Å². The van der Waals surface area contributed by atoms with E-state index in [1.807, 2.05) is 0 Å². The third-order valence-corrected chi connectivity index (χ3v) is 4.77. The van der Waals surface area contributed by atoms with Gasteiger partial charge in [-0.05, 0) is 39.7 Å². The van der Waals surface area contributed by atoms with Crippen LogP contribution >= 0.6 is 0 Å². The number of hydrogen-bond acceptors (Lipinski definition) is 10. The van der Waals surface area contributed by atoms with Crippen LogP contribution in [0.2, 0.25) is 0 Å². The molecule has 0 spiro atoms. The highest BCUT2D eigenvalue weighted by Gasteiger charge is 2.30. The van der Waals surface area contributed by atoms with E-state index in [0.717, 1.165) is 0 Å². The van der Waals surface area contributed by atoms with Crippen LogP contribution < -0.4 is 38.1 Å². The monoisotopic (exact) mass is 519 g/mol. The molecule has 5 atom stereocenters. The first-order valence-electron chi connectivity index (χ1n) is 11.3. The SMILES string of the molecule is C[C@@H](O)[C@H](N)C(=O)NCC(=O)N[C@H](C(=O)N[C@@H](CCCCN)C(=O)NCC(=O)NCC(=O)O)[C@@H](C)O. The van der Waals surface area contributed by atoms with Crippen molar-refractivity contribution in [2.24, 2.45) is 11.5 Å². The lowest BCUT2D eigenvalue weighted by atomic mass is 10.1. The predicted octanol–water partition coefficient (Wildman–Crippen LogP) is -5.39. The van der Waals surface area contributed by atoms with E-state index in [4.69, 9.17) is 16.6 Å². The fourth-order valence-corrected chi connectivity index (χ4v) is 2.68. The Kier molecular flexibility index (Phi) is 15.6. The molecule has 0 rings (SSSR count). The molecule has 0 saturated carbocycles. The number of aliphatic hydroxyl groups excluding tert-OH is 2. The number of hydrogen-bond donors (Lipinski definition) is 10. The summed E-state index contributed by atoms with van der Waals surface area (Å²) in [5, 5.41) is 39.0. The molecule has 0 unspecified atom stereocenters. The van der Waals surface area contributed by atoms with Gasteiger partial charge in [-0.15, -0.1) is 0 Å². The maximum Gasteiger partial charge on any atom is 0.322 e. The van der Waals surface area contributed by atoms with Gasteiger partial charge >= 0.3 is 5.97 Å². The van der Waals surface area contributed by atoms with Gasteiger partial charge in [0.15, 0.2) is 0 Å². The van der Waals surface area contributed by atoms with E-state index in [1.54, 1.807) is 0 Å². The standard InChI is InChI=1S/C20H37N7O9/c1-10(28)16(22)19(35)25-8-14(31)27-17(11(2)29)20(36)26-12(5-3-4-6-21)18(34)24-7-13(30)23-9-15(32)33/h10-12,16-17,28-29H,3-9,21-22H2,1-2H3,(H,23,30)(H,24,34)(H,25,35)(H,26,36)(H,27,31)(H,32,33)/t10-,11-,12+,16+,17+/m1/s1. The van der Waals surface area contributed by atoms with Crippen molar-refractivity contribution in [3.8, 4) is 0 Å². The van der Waals surface area contributed by atoms with E-state index in [0.29, 0.717) is 19.4 Å². The van der Waals surface area contributed by atoms with Crippen molar-refractivity contribution >= 4 is 35.5 Å². The number of aliphatic hydroxyl groups is 2. The Hall–Kier alpha value is -3.34. The number of carboxylic acids is 1. The summed E-state index contributed by atoms with van der Waals surface area (Å²) in [7, 11) is 0. The maximum atomic E-state index is 12.7. The number of carbonyl (C=O) groups is 6. The van der Waals surface area contributed by atoms with Crippen molar-refractivity contribution in [3.63, 3.8) is 0 Å². The van der Waals surface area contributed by atoms with Crippen molar-refractivity contribution in [2.75, 3.05) is 26.2 Å². The summed E-state index contributed by atoms with van der Waals surface area (Å²) in [6.07, 6.45) is -1.46. The molecule has 16 heteroatoms. The molecule has 0 aliphatic rings. The first kappa shape index (κ1) is 32.7. The summed E-state index contributed by atoms with van der Waals surface area (Å²) in [6, 6.07) is -3.92. The zero-order valence-corrected chi connectivity index (χ0v) is 20.3. The molecular weight excluding hydrogens is 482 g/mol. The van der Waals surface area contributed by atoms with Gasteiger partial charge in [0.2, 0.25) is 29.5 Å². The van der Waals surface area contributed by atoms with Crippen LogP contribution in [0.15, 0.2) is 0 Å². The molecule has 0 bridgehead atoms. The quantitative estimate of drug-likeness (QED) is 0.0809. The van der Waals surface area contributed by atoms with E-state index in [9.17, 15) is 39.0 Å². The highest BCUT2D eigenvalue weighted by Crippen LogP contribution is 2.03. The van der Waals surface area contributed by atoms with Gasteiger partial charge in [-0.2, -0.15) is 0 Å². The predicted molar refractivity (Wildman–Crippen MR) is 125 cm³/mol. The van der Waals surface area contributed by atoms with Crippen molar-refractivity contribution in [3.05, 3.63) is 0 Å². The summed E-state index contributed by atoms with van der Waals surface area (Å²) in [5.41, 5.74) is 10.9. The molecule has 0 radical (unpaired) electrons. The van der Waals surface area contributed by atoms with Gasteiger partial charge in [-0.25, -0.2) is 0 Å². The smallest absolute Gasteiger partial charge is 0.322 e. The zero-order chi connectivity index (χ0) is 27.8. The molecule has 0 saturated heterocycles. The minimum absolute atomic E-state index is 0.124. The molecule has 16 nitrogen and oxygen atoms in total. The zero-order valence-electron chi connectivity index (χ0n) is 20.3. The van der Waals surface area contributed by atoms with E-state index in [2.05, 4.69) is 26.6 Å². The summed E-state index contributed by atoms with van der Waals surface area (Å²) in [5.74, 6) is -5.33. The van der Waals surface area contributed by atoms with Crippen LogP contribution in [-0.2, 0) is 28.8 Å². The molecular formula is C20H37N7O9. The van der Waals surface area contributed by atoms with Crippen LogP contribution in [0.3, 0.4) is 0 Å². The molecule has 36 heavy (non-hydrogen) atoms. The van der Waals surface area contributed by atoms with Crippen molar-refractivity contribution in [2.45, 2.75) is 63.4 Å². The number of carboxylic acid groups (broad SMARTS) is 1. The van der Waals surface area contributed by atoms with Gasteiger partial charge in [-0.3, -0.25) is 28.8 Å². The summed E-state index contributed by atoms with van der Waals surface area (Å²) < 4.78 is 0.